The molecule has 1 aromatic carbocycles. The highest BCUT2D eigenvalue weighted by atomic mass is 35.5. The lowest BCUT2D eigenvalue weighted by Gasteiger charge is -2.19. The number of carbonyl (C=O) groups is 1. The zero-order chi connectivity index (χ0) is 15.9. The Hall–Kier alpha value is -1.46. The van der Waals surface area contributed by atoms with Crippen LogP contribution in [0.15, 0.2) is 18.2 Å². The molecule has 122 valence electrons. The van der Waals surface area contributed by atoms with E-state index in [1.54, 1.807) is 37.3 Å². The lowest BCUT2D eigenvalue weighted by Crippen LogP contribution is -2.32. The second kappa shape index (κ2) is 8.25. The number of ether oxygens (including phenoxy) is 2. The van der Waals surface area contributed by atoms with Gasteiger partial charge in [-0.2, -0.15) is 0 Å². The monoisotopic (exact) mass is 326 g/mol. The van der Waals surface area contributed by atoms with Gasteiger partial charge in [-0.25, -0.2) is 4.79 Å². The highest BCUT2D eigenvalue weighted by Crippen LogP contribution is 2.27. The van der Waals surface area contributed by atoms with Gasteiger partial charge < -0.3 is 19.7 Å². The number of amides is 2. The Morgan fingerprint density at radius 3 is 3.00 bits per heavy atom. The van der Waals surface area contributed by atoms with Crippen LogP contribution in [0.3, 0.4) is 0 Å². The molecule has 1 fully saturated rings. The van der Waals surface area contributed by atoms with Crippen molar-refractivity contribution in [3.05, 3.63) is 23.2 Å². The number of nitrogens with one attached hydrogen (secondary N) is 1. The van der Waals surface area contributed by atoms with Crippen molar-refractivity contribution in [2.75, 3.05) is 32.6 Å². The number of benzene rings is 1. The van der Waals surface area contributed by atoms with Crippen molar-refractivity contribution in [1.29, 1.82) is 0 Å². The van der Waals surface area contributed by atoms with E-state index in [0.29, 0.717) is 29.1 Å². The molecule has 0 radical (unpaired) electrons. The number of urea groups is 1. The first-order valence-corrected chi connectivity index (χ1v) is 7.95. The van der Waals surface area contributed by atoms with Crippen molar-refractivity contribution in [3.8, 4) is 5.75 Å². The van der Waals surface area contributed by atoms with E-state index in [-0.39, 0.29) is 6.03 Å². The summed E-state index contributed by atoms with van der Waals surface area (Å²) in [5.74, 6) is 0.588. The van der Waals surface area contributed by atoms with Crippen LogP contribution >= 0.6 is 11.6 Å². The predicted molar refractivity (Wildman–Crippen MR) is 87.9 cm³/mol. The van der Waals surface area contributed by atoms with Crippen LogP contribution in [0.1, 0.15) is 25.7 Å². The van der Waals surface area contributed by atoms with Crippen molar-refractivity contribution in [2.45, 2.75) is 31.8 Å². The molecule has 2 rings (SSSR count). The zero-order valence-electron chi connectivity index (χ0n) is 13.1. The largest absolute Gasteiger partial charge is 0.495 e. The molecule has 22 heavy (non-hydrogen) atoms. The van der Waals surface area contributed by atoms with Gasteiger partial charge in [-0.05, 0) is 43.9 Å². The van der Waals surface area contributed by atoms with Gasteiger partial charge in [0.05, 0.1) is 18.2 Å². The lowest BCUT2D eigenvalue weighted by atomic mass is 10.1. The Bertz CT molecular complexity index is 504. The van der Waals surface area contributed by atoms with Crippen LogP contribution in [-0.2, 0) is 4.74 Å². The molecule has 0 spiro atoms. The van der Waals surface area contributed by atoms with Crippen molar-refractivity contribution >= 4 is 23.3 Å². The molecule has 0 saturated carbocycles. The molecule has 1 aromatic rings. The van der Waals surface area contributed by atoms with Crippen molar-refractivity contribution in [2.24, 2.45) is 0 Å². The molecule has 6 heteroatoms. The Labute approximate surface area is 136 Å². The van der Waals surface area contributed by atoms with E-state index in [1.165, 1.54) is 0 Å². The van der Waals surface area contributed by atoms with Crippen LogP contribution in [0.25, 0.3) is 0 Å². The van der Waals surface area contributed by atoms with E-state index in [0.717, 1.165) is 32.3 Å². The van der Waals surface area contributed by atoms with Gasteiger partial charge in [-0.15, -0.1) is 0 Å². The number of anilines is 1. The fourth-order valence-corrected chi connectivity index (χ4v) is 2.75. The second-order valence-corrected chi connectivity index (χ2v) is 5.89. The summed E-state index contributed by atoms with van der Waals surface area (Å²) in [5.41, 5.74) is 0.654. The van der Waals surface area contributed by atoms with Crippen molar-refractivity contribution < 1.29 is 14.3 Å². The first-order chi connectivity index (χ1) is 10.6. The summed E-state index contributed by atoms with van der Waals surface area (Å²) in [4.78, 5) is 13.8. The first-order valence-electron chi connectivity index (χ1n) is 7.57. The van der Waals surface area contributed by atoms with Crippen LogP contribution in [-0.4, -0.2) is 44.3 Å². The Morgan fingerprint density at radius 1 is 1.55 bits per heavy atom. The SMILES string of the molecule is COc1ccc(NC(=O)N(C)CCC[C@@H]2CCCO2)cc1Cl. The first kappa shape index (κ1) is 16.9. The smallest absolute Gasteiger partial charge is 0.321 e. The highest BCUT2D eigenvalue weighted by molar-refractivity contribution is 6.32. The lowest BCUT2D eigenvalue weighted by molar-refractivity contribution is 0.101. The van der Waals surface area contributed by atoms with Gasteiger partial charge in [0.1, 0.15) is 5.75 Å². The minimum Gasteiger partial charge on any atom is -0.495 e. The maximum Gasteiger partial charge on any atom is 0.321 e. The molecule has 0 bridgehead atoms. The molecule has 1 atom stereocenters. The van der Waals surface area contributed by atoms with Gasteiger partial charge in [0.25, 0.3) is 0 Å². The number of halogens is 1. The molecule has 1 aliphatic rings. The number of methoxy groups -OCH3 is 1. The molecule has 0 aliphatic carbocycles. The summed E-state index contributed by atoms with van der Waals surface area (Å²) in [6, 6.07) is 5.03. The molecule has 1 heterocycles. The van der Waals surface area contributed by atoms with E-state index in [9.17, 15) is 4.79 Å². The van der Waals surface area contributed by atoms with Crippen LogP contribution in [0.2, 0.25) is 5.02 Å². The Balaban J connectivity index is 1.76. The number of carbonyl (C=O) groups excluding carboxylic acids is 1. The van der Waals surface area contributed by atoms with Crippen LogP contribution in [0.4, 0.5) is 10.5 Å². The summed E-state index contributed by atoms with van der Waals surface area (Å²) in [6.07, 6.45) is 4.61. The number of hydrogen-bond donors (Lipinski definition) is 1. The number of hydrogen-bond acceptors (Lipinski definition) is 3. The van der Waals surface area contributed by atoms with Crippen molar-refractivity contribution in [3.63, 3.8) is 0 Å². The maximum absolute atomic E-state index is 12.1. The van der Waals surface area contributed by atoms with Crippen LogP contribution < -0.4 is 10.1 Å². The van der Waals surface area contributed by atoms with Crippen LogP contribution in [0, 0.1) is 0 Å². The standard InChI is InChI=1S/C16H23ClN2O3/c1-19(9-3-5-13-6-4-10-22-13)16(20)18-12-7-8-15(21-2)14(17)11-12/h7-8,11,13H,3-6,9-10H2,1-2H3,(H,18,20)/t13-/m1/s1. The van der Waals surface area contributed by atoms with Gasteiger partial charge >= 0.3 is 6.03 Å². The molecule has 5 nitrogen and oxygen atoms in total. The third-order valence-electron chi connectivity index (χ3n) is 3.79. The third kappa shape index (κ3) is 4.78. The molecule has 1 aliphatic heterocycles. The Morgan fingerprint density at radius 2 is 2.36 bits per heavy atom. The molecule has 2 amide bonds. The maximum atomic E-state index is 12.1. The highest BCUT2D eigenvalue weighted by Gasteiger charge is 2.16. The normalized spacial score (nSPS) is 17.3. The fraction of sp³-hybridized carbons (Fsp3) is 0.562. The fourth-order valence-electron chi connectivity index (χ4n) is 2.49. The number of nitrogens with zero attached hydrogens (tertiary/aromatic N) is 1. The minimum atomic E-state index is -0.145. The van der Waals surface area contributed by atoms with E-state index < -0.39 is 0 Å². The average Bonchev–Trinajstić information content (AvgIpc) is 3.00. The second-order valence-electron chi connectivity index (χ2n) is 5.48. The zero-order valence-corrected chi connectivity index (χ0v) is 13.9. The van der Waals surface area contributed by atoms with Gasteiger partial charge in [0.15, 0.2) is 0 Å². The molecule has 1 N–H and O–H groups in total. The Kier molecular flexibility index (Phi) is 6.34. The van der Waals surface area contributed by atoms with E-state index in [2.05, 4.69) is 5.32 Å². The average molecular weight is 327 g/mol. The van der Waals surface area contributed by atoms with E-state index in [4.69, 9.17) is 21.1 Å². The topological polar surface area (TPSA) is 50.8 Å². The van der Waals surface area contributed by atoms with Gasteiger partial charge in [0.2, 0.25) is 0 Å². The summed E-state index contributed by atoms with van der Waals surface area (Å²) in [5, 5.41) is 3.30. The summed E-state index contributed by atoms with van der Waals surface area (Å²) < 4.78 is 10.7. The molecular weight excluding hydrogens is 304 g/mol. The molecule has 1 saturated heterocycles. The van der Waals surface area contributed by atoms with Crippen LogP contribution in [0.5, 0.6) is 5.75 Å². The van der Waals surface area contributed by atoms with Gasteiger partial charge in [0, 0.05) is 25.9 Å². The van der Waals surface area contributed by atoms with E-state index >= 15 is 0 Å². The van der Waals surface area contributed by atoms with E-state index in [1.807, 2.05) is 0 Å². The molecule has 0 aromatic heterocycles. The predicted octanol–water partition coefficient (Wildman–Crippen LogP) is 3.77. The third-order valence-corrected chi connectivity index (χ3v) is 4.09. The minimum absolute atomic E-state index is 0.145. The molecular formula is C16H23ClN2O3. The summed E-state index contributed by atoms with van der Waals surface area (Å²) >= 11 is 6.05. The quantitative estimate of drug-likeness (QED) is 0.865. The summed E-state index contributed by atoms with van der Waals surface area (Å²) in [6.45, 7) is 1.58. The van der Waals surface area contributed by atoms with Gasteiger partial charge in [-0.3, -0.25) is 0 Å². The number of rotatable bonds is 6. The molecule has 0 unspecified atom stereocenters. The van der Waals surface area contributed by atoms with Crippen molar-refractivity contribution in [1.82, 2.24) is 4.90 Å². The summed E-state index contributed by atoms with van der Waals surface area (Å²) in [7, 11) is 3.34. The van der Waals surface area contributed by atoms with Gasteiger partial charge in [-0.1, -0.05) is 11.6 Å².